The first kappa shape index (κ1) is 16.0. The number of benzene rings is 1. The van der Waals surface area contributed by atoms with Crippen molar-refractivity contribution >= 4 is 27.8 Å². The van der Waals surface area contributed by atoms with Gasteiger partial charge in [-0.05, 0) is 25.1 Å². The molecule has 1 saturated heterocycles. The van der Waals surface area contributed by atoms with Crippen molar-refractivity contribution in [2.24, 2.45) is 4.99 Å². The molecular weight excluding hydrogens is 315 g/mol. The van der Waals surface area contributed by atoms with E-state index in [1.165, 1.54) is 26.1 Å². The van der Waals surface area contributed by atoms with Crippen molar-refractivity contribution in [3.05, 3.63) is 29.6 Å². The van der Waals surface area contributed by atoms with Gasteiger partial charge in [0.1, 0.15) is 5.82 Å². The van der Waals surface area contributed by atoms with Gasteiger partial charge in [-0.3, -0.25) is 0 Å². The summed E-state index contributed by atoms with van der Waals surface area (Å²) in [6, 6.07) is 3.77. The van der Waals surface area contributed by atoms with Gasteiger partial charge >= 0.3 is 6.09 Å². The summed E-state index contributed by atoms with van der Waals surface area (Å²) in [7, 11) is -2.71. The van der Waals surface area contributed by atoms with E-state index in [2.05, 4.69) is 10.3 Å². The largest absolute Gasteiger partial charge is 0.463 e. The molecule has 1 aliphatic rings. The van der Waals surface area contributed by atoms with Crippen molar-refractivity contribution < 1.29 is 22.7 Å². The molecular formula is C12H15FN4O4S. The Morgan fingerprint density at radius 1 is 1.55 bits per heavy atom. The zero-order valence-electron chi connectivity index (χ0n) is 11.9. The van der Waals surface area contributed by atoms with Crippen molar-refractivity contribution in [1.82, 2.24) is 9.62 Å². The number of amides is 1. The average molecular weight is 330 g/mol. The quantitative estimate of drug-likeness (QED) is 0.645. The second-order valence-corrected chi connectivity index (χ2v) is 7.14. The van der Waals surface area contributed by atoms with Gasteiger partial charge in [-0.2, -0.15) is 0 Å². The van der Waals surface area contributed by atoms with E-state index < -0.39 is 39.2 Å². The van der Waals surface area contributed by atoms with Crippen molar-refractivity contribution in [3.8, 4) is 0 Å². The van der Waals surface area contributed by atoms with Crippen LogP contribution in [0.3, 0.4) is 0 Å². The predicted molar refractivity (Wildman–Crippen MR) is 78.3 cm³/mol. The predicted octanol–water partition coefficient (Wildman–Crippen LogP) is 0.522. The van der Waals surface area contributed by atoms with Crippen LogP contribution in [-0.2, 0) is 15.6 Å². The Hall–Kier alpha value is -2.36. The molecule has 4 N–H and O–H groups in total. The highest BCUT2D eigenvalue weighted by Gasteiger charge is 2.44. The number of guanidine groups is 1. The second-order valence-electron chi connectivity index (χ2n) is 5.14. The molecule has 1 heterocycles. The number of anilines is 1. The minimum absolute atomic E-state index is 0.0160. The SMILES string of the molecule is CN1C(=NC(=O)O)NC(C)(c2cc(N)ccc2F)CS1(=O)=O. The zero-order chi connectivity index (χ0) is 16.7. The molecule has 0 bridgehead atoms. The maximum absolute atomic E-state index is 14.1. The van der Waals surface area contributed by atoms with E-state index in [1.54, 1.807) is 0 Å². The molecule has 8 nitrogen and oxygen atoms in total. The number of aliphatic imine (C=N–C) groups is 1. The Labute approximate surface area is 126 Å². The van der Waals surface area contributed by atoms with Crippen LogP contribution >= 0.6 is 0 Å². The molecule has 22 heavy (non-hydrogen) atoms. The Bertz CT molecular complexity index is 764. The monoisotopic (exact) mass is 330 g/mol. The molecule has 1 fully saturated rings. The summed E-state index contributed by atoms with van der Waals surface area (Å²) in [6.45, 7) is 1.44. The van der Waals surface area contributed by atoms with Gasteiger partial charge in [-0.1, -0.05) is 0 Å². The van der Waals surface area contributed by atoms with E-state index in [9.17, 15) is 17.6 Å². The Morgan fingerprint density at radius 2 is 2.18 bits per heavy atom. The van der Waals surface area contributed by atoms with Crippen molar-refractivity contribution in [3.63, 3.8) is 0 Å². The number of nitrogens with zero attached hydrogens (tertiary/aromatic N) is 2. The minimum Gasteiger partial charge on any atom is -0.463 e. The number of nitrogen functional groups attached to an aromatic ring is 1. The molecule has 1 atom stereocenters. The average Bonchev–Trinajstić information content (AvgIpc) is 2.37. The van der Waals surface area contributed by atoms with E-state index in [0.717, 1.165) is 6.07 Å². The topological polar surface area (TPSA) is 125 Å². The molecule has 0 radical (unpaired) electrons. The molecule has 1 unspecified atom stereocenters. The van der Waals surface area contributed by atoms with Gasteiger partial charge in [0.2, 0.25) is 16.0 Å². The Kier molecular flexibility index (Phi) is 3.73. The molecule has 0 aromatic heterocycles. The first-order valence-electron chi connectivity index (χ1n) is 6.17. The lowest BCUT2D eigenvalue weighted by Crippen LogP contribution is -2.61. The Balaban J connectivity index is 2.59. The van der Waals surface area contributed by atoms with Crippen LogP contribution in [-0.4, -0.2) is 42.7 Å². The van der Waals surface area contributed by atoms with Crippen LogP contribution < -0.4 is 11.1 Å². The summed E-state index contributed by atoms with van der Waals surface area (Å²) in [6.07, 6.45) is -1.57. The van der Waals surface area contributed by atoms with E-state index in [0.29, 0.717) is 4.31 Å². The fourth-order valence-corrected chi connectivity index (χ4v) is 3.76. The molecule has 1 amide bonds. The number of carbonyl (C=O) groups is 1. The summed E-state index contributed by atoms with van der Waals surface area (Å²) in [4.78, 5) is 14.0. The number of sulfonamides is 1. The summed E-state index contributed by atoms with van der Waals surface area (Å²) >= 11 is 0. The lowest BCUT2D eigenvalue weighted by atomic mass is 9.93. The van der Waals surface area contributed by atoms with Crippen LogP contribution in [0.5, 0.6) is 0 Å². The number of rotatable bonds is 1. The van der Waals surface area contributed by atoms with Crippen molar-refractivity contribution in [2.75, 3.05) is 18.5 Å². The number of nitrogens with one attached hydrogen (secondary N) is 1. The van der Waals surface area contributed by atoms with Crippen molar-refractivity contribution in [1.29, 1.82) is 0 Å². The van der Waals surface area contributed by atoms with Gasteiger partial charge in [0.15, 0.2) is 0 Å². The highest BCUT2D eigenvalue weighted by molar-refractivity contribution is 7.89. The molecule has 0 spiro atoms. The lowest BCUT2D eigenvalue weighted by Gasteiger charge is -2.40. The number of hydrogen-bond donors (Lipinski definition) is 3. The molecule has 1 aromatic carbocycles. The number of halogens is 1. The molecule has 1 aromatic rings. The smallest absolute Gasteiger partial charge is 0.434 e. The lowest BCUT2D eigenvalue weighted by molar-refractivity contribution is 0.205. The fraction of sp³-hybridized carbons (Fsp3) is 0.333. The third kappa shape index (κ3) is 2.82. The molecule has 0 saturated carbocycles. The number of nitrogens with two attached hydrogens (primary N) is 1. The summed E-state index contributed by atoms with van der Waals surface area (Å²) in [5, 5.41) is 11.4. The van der Waals surface area contributed by atoms with Crippen LogP contribution in [0.2, 0.25) is 0 Å². The maximum atomic E-state index is 14.1. The highest BCUT2D eigenvalue weighted by Crippen LogP contribution is 2.31. The van der Waals surface area contributed by atoms with Gasteiger partial charge < -0.3 is 16.2 Å². The molecule has 0 aliphatic carbocycles. The Morgan fingerprint density at radius 3 is 2.77 bits per heavy atom. The van der Waals surface area contributed by atoms with Crippen LogP contribution in [0, 0.1) is 5.82 Å². The first-order valence-corrected chi connectivity index (χ1v) is 7.78. The van der Waals surface area contributed by atoms with E-state index >= 15 is 0 Å². The minimum atomic E-state index is -3.87. The fourth-order valence-electron chi connectivity index (χ4n) is 2.25. The third-order valence-electron chi connectivity index (χ3n) is 3.36. The summed E-state index contributed by atoms with van der Waals surface area (Å²) in [5.41, 5.74) is 4.49. The van der Waals surface area contributed by atoms with Crippen molar-refractivity contribution in [2.45, 2.75) is 12.5 Å². The van der Waals surface area contributed by atoms with Gasteiger partial charge in [0.05, 0.1) is 11.3 Å². The summed E-state index contributed by atoms with van der Waals surface area (Å²) in [5.74, 6) is -1.53. The van der Waals surface area contributed by atoms with Crippen LogP contribution in [0.4, 0.5) is 14.9 Å². The number of carboxylic acid groups (broad SMARTS) is 1. The van der Waals surface area contributed by atoms with E-state index in [-0.39, 0.29) is 11.3 Å². The van der Waals surface area contributed by atoms with E-state index in [1.807, 2.05) is 0 Å². The van der Waals surface area contributed by atoms with Gasteiger partial charge in [0.25, 0.3) is 0 Å². The highest BCUT2D eigenvalue weighted by atomic mass is 32.2. The molecule has 2 rings (SSSR count). The van der Waals surface area contributed by atoms with Gasteiger partial charge in [-0.25, -0.2) is 21.9 Å². The van der Waals surface area contributed by atoms with Crippen LogP contribution in [0.1, 0.15) is 12.5 Å². The maximum Gasteiger partial charge on any atom is 0.434 e. The zero-order valence-corrected chi connectivity index (χ0v) is 12.7. The van der Waals surface area contributed by atoms with E-state index in [4.69, 9.17) is 10.8 Å². The normalized spacial score (nSPS) is 25.8. The van der Waals surface area contributed by atoms with Crippen LogP contribution in [0.25, 0.3) is 0 Å². The summed E-state index contributed by atoms with van der Waals surface area (Å²) < 4.78 is 39.2. The number of hydrogen-bond acceptors (Lipinski definition) is 4. The van der Waals surface area contributed by atoms with Gasteiger partial charge in [-0.15, -0.1) is 4.99 Å². The standard InChI is InChI=1S/C12H15FN4O4S/c1-12(8-5-7(14)3-4-9(8)13)6-22(20,21)17(2)10(16-12)15-11(18)19/h3-5H,6,14H2,1-2H3,(H,15,16)(H,18,19). The molecule has 1 aliphatic heterocycles. The first-order chi connectivity index (χ1) is 10.0. The van der Waals surface area contributed by atoms with Crippen LogP contribution in [0.15, 0.2) is 23.2 Å². The van der Waals surface area contributed by atoms with Gasteiger partial charge in [0, 0.05) is 18.3 Å². The second kappa shape index (κ2) is 5.13. The molecule has 120 valence electrons. The third-order valence-corrected chi connectivity index (χ3v) is 5.31. The molecule has 10 heteroatoms.